The minimum atomic E-state index is -1.47. The van der Waals surface area contributed by atoms with Gasteiger partial charge in [-0.05, 0) is 45.9 Å². The molecule has 0 fully saturated rings. The minimum absolute atomic E-state index is 0.242. The molecule has 1 rings (SSSR count). The van der Waals surface area contributed by atoms with Crippen LogP contribution < -0.4 is 11.1 Å². The third kappa shape index (κ3) is 4.62. The largest absolute Gasteiger partial charge is 0.398 e. The summed E-state index contributed by atoms with van der Waals surface area (Å²) in [7, 11) is -1.47. The standard InChI is InChI=1S/C13H19BrN2O2S/c1-8(12(17)16-13(2,3)4)19(18)11-6-5-9(14)7-10(11)15/h5-8H,15H2,1-4H3,(H,16,17). The molecule has 1 amide bonds. The molecular weight excluding hydrogens is 328 g/mol. The van der Waals surface area contributed by atoms with Gasteiger partial charge in [-0.1, -0.05) is 15.9 Å². The average Bonchev–Trinajstić information content (AvgIpc) is 2.24. The average molecular weight is 347 g/mol. The Balaban J connectivity index is 2.91. The van der Waals surface area contributed by atoms with E-state index in [0.717, 1.165) is 4.47 Å². The van der Waals surface area contributed by atoms with Crippen molar-refractivity contribution in [1.82, 2.24) is 5.32 Å². The first-order valence-electron chi connectivity index (χ1n) is 5.89. The van der Waals surface area contributed by atoms with Crippen molar-refractivity contribution in [2.45, 2.75) is 43.4 Å². The number of amides is 1. The Hall–Kier alpha value is -0.880. The third-order valence-electron chi connectivity index (χ3n) is 2.38. The molecule has 0 aliphatic carbocycles. The van der Waals surface area contributed by atoms with E-state index in [2.05, 4.69) is 21.2 Å². The summed E-state index contributed by atoms with van der Waals surface area (Å²) >= 11 is 3.29. The summed E-state index contributed by atoms with van der Waals surface area (Å²) in [5, 5.41) is 2.17. The smallest absolute Gasteiger partial charge is 0.236 e. The van der Waals surface area contributed by atoms with Crippen LogP contribution in [0.15, 0.2) is 27.6 Å². The number of nitrogens with one attached hydrogen (secondary N) is 1. The highest BCUT2D eigenvalue weighted by Crippen LogP contribution is 2.23. The Morgan fingerprint density at radius 1 is 1.42 bits per heavy atom. The van der Waals surface area contributed by atoms with E-state index < -0.39 is 16.0 Å². The molecule has 2 unspecified atom stereocenters. The van der Waals surface area contributed by atoms with Gasteiger partial charge in [0.15, 0.2) is 0 Å². The summed E-state index contributed by atoms with van der Waals surface area (Å²) in [4.78, 5) is 12.5. The van der Waals surface area contributed by atoms with Gasteiger partial charge in [-0.25, -0.2) is 0 Å². The van der Waals surface area contributed by atoms with Crippen LogP contribution in [0.4, 0.5) is 5.69 Å². The van der Waals surface area contributed by atoms with Crippen LogP contribution in [0.3, 0.4) is 0 Å². The van der Waals surface area contributed by atoms with Crippen molar-refractivity contribution in [3.05, 3.63) is 22.7 Å². The Morgan fingerprint density at radius 3 is 2.47 bits per heavy atom. The number of halogens is 1. The zero-order chi connectivity index (χ0) is 14.8. The van der Waals surface area contributed by atoms with Crippen LogP contribution in [0.2, 0.25) is 0 Å². The maximum atomic E-state index is 12.4. The maximum Gasteiger partial charge on any atom is 0.236 e. The molecule has 0 radical (unpaired) electrons. The van der Waals surface area contributed by atoms with Crippen molar-refractivity contribution >= 4 is 38.3 Å². The Labute approximate surface area is 124 Å². The molecular formula is C13H19BrN2O2S. The Morgan fingerprint density at radius 2 is 2.00 bits per heavy atom. The molecule has 6 heteroatoms. The van der Waals surface area contributed by atoms with Crippen LogP contribution in [0, 0.1) is 0 Å². The molecule has 0 aliphatic rings. The molecule has 0 aliphatic heterocycles. The number of carbonyl (C=O) groups is 1. The van der Waals surface area contributed by atoms with Crippen molar-refractivity contribution in [3.8, 4) is 0 Å². The summed E-state index contributed by atoms with van der Waals surface area (Å²) in [5.41, 5.74) is 5.91. The lowest BCUT2D eigenvalue weighted by Crippen LogP contribution is -2.46. The fraction of sp³-hybridized carbons (Fsp3) is 0.462. The van der Waals surface area contributed by atoms with Gasteiger partial charge in [-0.3, -0.25) is 9.00 Å². The number of hydrogen-bond donors (Lipinski definition) is 2. The monoisotopic (exact) mass is 346 g/mol. The van der Waals surface area contributed by atoms with Gasteiger partial charge >= 0.3 is 0 Å². The Kier molecular flexibility index (Phi) is 5.15. The van der Waals surface area contributed by atoms with Crippen LogP contribution in [-0.4, -0.2) is 20.9 Å². The molecule has 0 bridgehead atoms. The molecule has 2 atom stereocenters. The van der Waals surface area contributed by atoms with E-state index in [4.69, 9.17) is 5.73 Å². The first-order chi connectivity index (χ1) is 8.61. The number of carbonyl (C=O) groups excluding carboxylic acids is 1. The number of hydrogen-bond acceptors (Lipinski definition) is 3. The highest BCUT2D eigenvalue weighted by Gasteiger charge is 2.25. The van der Waals surface area contributed by atoms with E-state index in [-0.39, 0.29) is 11.4 Å². The van der Waals surface area contributed by atoms with Crippen molar-refractivity contribution in [1.29, 1.82) is 0 Å². The predicted octanol–water partition coefficient (Wildman–Crippen LogP) is 2.44. The molecule has 0 saturated carbocycles. The maximum absolute atomic E-state index is 12.4. The number of nitrogens with two attached hydrogens (primary N) is 1. The topological polar surface area (TPSA) is 72.2 Å². The second-order valence-electron chi connectivity index (χ2n) is 5.36. The number of anilines is 1. The second kappa shape index (κ2) is 6.05. The zero-order valence-corrected chi connectivity index (χ0v) is 13.9. The highest BCUT2D eigenvalue weighted by molar-refractivity contribution is 9.10. The number of benzene rings is 1. The molecule has 0 saturated heterocycles. The van der Waals surface area contributed by atoms with Crippen molar-refractivity contribution in [2.75, 3.05) is 5.73 Å². The van der Waals surface area contributed by atoms with Gasteiger partial charge in [0.25, 0.3) is 0 Å². The van der Waals surface area contributed by atoms with Gasteiger partial charge in [-0.15, -0.1) is 0 Å². The molecule has 3 N–H and O–H groups in total. The fourth-order valence-corrected chi connectivity index (χ4v) is 2.97. The number of rotatable bonds is 3. The lowest BCUT2D eigenvalue weighted by molar-refractivity contribution is -0.121. The van der Waals surface area contributed by atoms with E-state index in [1.54, 1.807) is 25.1 Å². The molecule has 1 aromatic carbocycles. The van der Waals surface area contributed by atoms with Gasteiger partial charge in [0.05, 0.1) is 15.7 Å². The summed E-state index contributed by atoms with van der Waals surface area (Å²) in [6, 6.07) is 5.12. The van der Waals surface area contributed by atoms with E-state index >= 15 is 0 Å². The SMILES string of the molecule is CC(C(=O)NC(C)(C)C)S(=O)c1ccc(Br)cc1N. The molecule has 106 valence electrons. The van der Waals surface area contributed by atoms with Gasteiger partial charge in [0.1, 0.15) is 5.25 Å². The number of nitrogen functional groups attached to an aromatic ring is 1. The van der Waals surface area contributed by atoms with E-state index in [1.165, 1.54) is 0 Å². The molecule has 19 heavy (non-hydrogen) atoms. The molecule has 0 spiro atoms. The second-order valence-corrected chi connectivity index (χ2v) is 8.02. The van der Waals surface area contributed by atoms with Gasteiger partial charge < -0.3 is 11.1 Å². The first-order valence-corrected chi connectivity index (χ1v) is 7.90. The van der Waals surface area contributed by atoms with Crippen molar-refractivity contribution in [2.24, 2.45) is 0 Å². The summed E-state index contributed by atoms with van der Waals surface area (Å²) in [6.45, 7) is 7.29. The lowest BCUT2D eigenvalue weighted by atomic mass is 10.1. The van der Waals surface area contributed by atoms with Crippen LogP contribution >= 0.6 is 15.9 Å². The molecule has 4 nitrogen and oxygen atoms in total. The highest BCUT2D eigenvalue weighted by atomic mass is 79.9. The fourth-order valence-electron chi connectivity index (χ4n) is 1.46. The molecule has 0 heterocycles. The first kappa shape index (κ1) is 16.2. The minimum Gasteiger partial charge on any atom is -0.398 e. The molecule has 0 aromatic heterocycles. The van der Waals surface area contributed by atoms with E-state index in [9.17, 15) is 9.00 Å². The van der Waals surface area contributed by atoms with E-state index in [1.807, 2.05) is 20.8 Å². The molecule has 1 aromatic rings. The predicted molar refractivity (Wildman–Crippen MR) is 82.3 cm³/mol. The third-order valence-corrected chi connectivity index (χ3v) is 4.53. The van der Waals surface area contributed by atoms with Gasteiger partial charge in [0, 0.05) is 15.7 Å². The van der Waals surface area contributed by atoms with Crippen molar-refractivity contribution < 1.29 is 9.00 Å². The zero-order valence-electron chi connectivity index (χ0n) is 11.5. The van der Waals surface area contributed by atoms with Crippen LogP contribution in [0.25, 0.3) is 0 Å². The summed E-state index contributed by atoms with van der Waals surface area (Å²) < 4.78 is 13.2. The van der Waals surface area contributed by atoms with Crippen molar-refractivity contribution in [3.63, 3.8) is 0 Å². The van der Waals surface area contributed by atoms with Crippen LogP contribution in [0.5, 0.6) is 0 Å². The van der Waals surface area contributed by atoms with Crippen LogP contribution in [-0.2, 0) is 15.6 Å². The summed E-state index contributed by atoms with van der Waals surface area (Å²) in [5.74, 6) is -0.242. The quantitative estimate of drug-likeness (QED) is 0.825. The summed E-state index contributed by atoms with van der Waals surface area (Å²) in [6.07, 6.45) is 0. The normalized spacial score (nSPS) is 14.8. The van der Waals surface area contributed by atoms with E-state index in [0.29, 0.717) is 10.6 Å². The lowest BCUT2D eigenvalue weighted by Gasteiger charge is -2.23. The van der Waals surface area contributed by atoms with Gasteiger partial charge in [-0.2, -0.15) is 0 Å². The van der Waals surface area contributed by atoms with Crippen LogP contribution in [0.1, 0.15) is 27.7 Å². The van der Waals surface area contributed by atoms with Gasteiger partial charge in [0.2, 0.25) is 5.91 Å². The Bertz CT molecular complexity index is 512.